The van der Waals surface area contributed by atoms with Gasteiger partial charge in [0.25, 0.3) is 0 Å². The Bertz CT molecular complexity index is 1010. The molecular formula is C22H22ClN3O3. The van der Waals surface area contributed by atoms with Crippen LogP contribution in [0.15, 0.2) is 71.6 Å². The van der Waals surface area contributed by atoms with E-state index in [1.54, 1.807) is 13.0 Å². The van der Waals surface area contributed by atoms with Crippen molar-refractivity contribution in [2.24, 2.45) is 5.73 Å². The molecule has 0 aromatic heterocycles. The predicted octanol–water partition coefficient (Wildman–Crippen LogP) is 4.20. The van der Waals surface area contributed by atoms with Crippen molar-refractivity contribution in [3.05, 3.63) is 87.7 Å². The molecule has 150 valence electrons. The molecular weight excluding hydrogens is 390 g/mol. The van der Waals surface area contributed by atoms with E-state index in [4.69, 9.17) is 22.1 Å². The fourth-order valence-electron chi connectivity index (χ4n) is 3.72. The maximum Gasteiger partial charge on any atom is 0.336 e. The lowest BCUT2D eigenvalue weighted by molar-refractivity contribution is -0.136. The Morgan fingerprint density at radius 2 is 1.66 bits per heavy atom. The van der Waals surface area contributed by atoms with Crippen LogP contribution in [-0.2, 0) is 9.53 Å². The number of primary amides is 1. The second-order valence-electron chi connectivity index (χ2n) is 6.62. The Hall–Kier alpha value is -3.25. The van der Waals surface area contributed by atoms with Crippen molar-refractivity contribution >= 4 is 29.2 Å². The van der Waals surface area contributed by atoms with Crippen molar-refractivity contribution < 1.29 is 14.3 Å². The molecule has 0 saturated heterocycles. The Kier molecular flexibility index (Phi) is 5.94. The number of nitrogens with two attached hydrogens (primary N) is 1. The third-order valence-corrected chi connectivity index (χ3v) is 5.30. The second kappa shape index (κ2) is 8.41. The molecule has 6 nitrogen and oxygen atoms in total. The summed E-state index contributed by atoms with van der Waals surface area (Å²) in [4.78, 5) is 24.5. The molecule has 29 heavy (non-hydrogen) atoms. The molecule has 0 radical (unpaired) electrons. The zero-order valence-corrected chi connectivity index (χ0v) is 17.2. The van der Waals surface area contributed by atoms with Gasteiger partial charge in [0, 0.05) is 22.3 Å². The molecule has 0 saturated carbocycles. The van der Waals surface area contributed by atoms with Crippen LogP contribution in [-0.4, -0.2) is 24.1 Å². The average molecular weight is 412 g/mol. The van der Waals surface area contributed by atoms with Crippen LogP contribution < -0.4 is 11.2 Å². The van der Waals surface area contributed by atoms with Gasteiger partial charge in [0.2, 0.25) is 0 Å². The lowest BCUT2D eigenvalue weighted by Gasteiger charge is -2.38. The van der Waals surface area contributed by atoms with Crippen LogP contribution in [0, 0.1) is 0 Å². The van der Waals surface area contributed by atoms with Crippen molar-refractivity contribution in [1.82, 2.24) is 10.4 Å². The first-order chi connectivity index (χ1) is 13.9. The zero-order valence-electron chi connectivity index (χ0n) is 16.4. The lowest BCUT2D eigenvalue weighted by atomic mass is 9.77. The van der Waals surface area contributed by atoms with E-state index in [9.17, 15) is 9.59 Å². The van der Waals surface area contributed by atoms with Gasteiger partial charge in [0.05, 0.1) is 12.7 Å². The molecule has 0 aliphatic carbocycles. The van der Waals surface area contributed by atoms with Crippen LogP contribution in [0.25, 0.3) is 5.57 Å². The van der Waals surface area contributed by atoms with Crippen molar-refractivity contribution in [2.75, 3.05) is 7.11 Å². The van der Waals surface area contributed by atoms with E-state index < -0.39 is 17.9 Å². The minimum atomic E-state index is -0.739. The Labute approximate surface area is 174 Å². The Morgan fingerprint density at radius 1 is 1.03 bits per heavy atom. The molecule has 3 rings (SSSR count). The fourth-order valence-corrected chi connectivity index (χ4v) is 3.97. The topological polar surface area (TPSA) is 84.7 Å². The number of urea groups is 1. The summed E-state index contributed by atoms with van der Waals surface area (Å²) in [6.07, 6.45) is 0. The van der Waals surface area contributed by atoms with Gasteiger partial charge < -0.3 is 10.5 Å². The number of benzene rings is 2. The smallest absolute Gasteiger partial charge is 0.336 e. The van der Waals surface area contributed by atoms with Gasteiger partial charge in [0.15, 0.2) is 0 Å². The number of halogens is 1. The molecule has 0 bridgehead atoms. The van der Waals surface area contributed by atoms with Gasteiger partial charge in [-0.1, -0.05) is 60.1 Å². The van der Waals surface area contributed by atoms with E-state index in [2.05, 4.69) is 5.43 Å². The molecule has 2 aromatic carbocycles. The minimum absolute atomic E-state index is 0.374. The maximum atomic E-state index is 12.9. The lowest BCUT2D eigenvalue weighted by Crippen LogP contribution is -2.46. The Balaban J connectivity index is 2.35. The first-order valence-electron chi connectivity index (χ1n) is 9.02. The number of nitrogens with zero attached hydrogens (tertiary/aromatic N) is 1. The first kappa shape index (κ1) is 20.5. The number of allylic oxidation sites excluding steroid dienone is 3. The van der Waals surface area contributed by atoms with Crippen molar-refractivity contribution in [2.45, 2.75) is 19.8 Å². The number of amides is 2. The number of methoxy groups -OCH3 is 1. The van der Waals surface area contributed by atoms with E-state index >= 15 is 0 Å². The van der Waals surface area contributed by atoms with E-state index in [1.807, 2.05) is 55.5 Å². The minimum Gasteiger partial charge on any atom is -0.466 e. The van der Waals surface area contributed by atoms with Gasteiger partial charge in [-0.3, -0.25) is 5.01 Å². The molecule has 2 aromatic rings. The third-order valence-electron chi connectivity index (χ3n) is 4.96. The van der Waals surface area contributed by atoms with Crippen LogP contribution in [0.5, 0.6) is 0 Å². The number of hydrogen-bond acceptors (Lipinski definition) is 4. The van der Waals surface area contributed by atoms with Crippen LogP contribution in [0.1, 0.15) is 30.9 Å². The van der Waals surface area contributed by atoms with Crippen molar-refractivity contribution in [1.29, 1.82) is 0 Å². The summed E-state index contributed by atoms with van der Waals surface area (Å²) in [5.41, 5.74) is 12.1. The number of esters is 1. The fraction of sp³-hybridized carbons (Fsp3) is 0.182. The highest BCUT2D eigenvalue weighted by atomic mass is 35.5. The second-order valence-corrected chi connectivity index (χ2v) is 7.03. The summed E-state index contributed by atoms with van der Waals surface area (Å²) in [7, 11) is 1.32. The van der Waals surface area contributed by atoms with Crippen molar-refractivity contribution in [3.63, 3.8) is 0 Å². The van der Waals surface area contributed by atoms with E-state index in [0.29, 0.717) is 16.3 Å². The summed E-state index contributed by atoms with van der Waals surface area (Å²) in [5, 5.41) is 2.05. The molecule has 0 spiro atoms. The van der Waals surface area contributed by atoms with Crippen LogP contribution >= 0.6 is 11.6 Å². The highest BCUT2D eigenvalue weighted by molar-refractivity contribution is 6.31. The molecule has 1 unspecified atom stereocenters. The summed E-state index contributed by atoms with van der Waals surface area (Å²) in [6.45, 7) is 3.59. The zero-order chi connectivity index (χ0) is 21.1. The molecule has 2 amide bonds. The molecule has 1 atom stereocenters. The summed E-state index contributed by atoms with van der Waals surface area (Å²) >= 11 is 6.54. The van der Waals surface area contributed by atoms with Gasteiger partial charge in [0.1, 0.15) is 0 Å². The number of hydrazine groups is 1. The summed E-state index contributed by atoms with van der Waals surface area (Å²) < 4.78 is 5.09. The van der Waals surface area contributed by atoms with Crippen molar-refractivity contribution in [3.8, 4) is 0 Å². The number of carbonyl (C=O) groups excluding carboxylic acids is 2. The molecule has 0 fully saturated rings. The Morgan fingerprint density at radius 3 is 2.24 bits per heavy atom. The molecule has 1 aliphatic rings. The van der Waals surface area contributed by atoms with Crippen LogP contribution in [0.4, 0.5) is 4.79 Å². The third kappa shape index (κ3) is 3.84. The van der Waals surface area contributed by atoms with E-state index in [-0.39, 0.29) is 0 Å². The highest BCUT2D eigenvalue weighted by Crippen LogP contribution is 2.47. The van der Waals surface area contributed by atoms with Gasteiger partial charge in [-0.05, 0) is 36.6 Å². The summed E-state index contributed by atoms with van der Waals surface area (Å²) in [6, 6.07) is 16.3. The average Bonchev–Trinajstić information content (AvgIpc) is 2.71. The molecule has 7 heteroatoms. The SMILES string of the molecule is COC(=O)C1=C(C)N(NC(N)=O)C(C)=C(c2ccccc2)C1c1ccccc1Cl. The van der Waals surface area contributed by atoms with E-state index in [0.717, 1.165) is 22.4 Å². The number of ether oxygens (including phenoxy) is 1. The van der Waals surface area contributed by atoms with Gasteiger partial charge >= 0.3 is 12.0 Å². The van der Waals surface area contributed by atoms with Crippen LogP contribution in [0.3, 0.4) is 0 Å². The molecule has 1 heterocycles. The quantitative estimate of drug-likeness (QED) is 0.738. The van der Waals surface area contributed by atoms with Gasteiger partial charge in [-0.15, -0.1) is 0 Å². The van der Waals surface area contributed by atoms with Gasteiger partial charge in [-0.2, -0.15) is 0 Å². The maximum absolute atomic E-state index is 12.9. The molecule has 1 aliphatic heterocycles. The largest absolute Gasteiger partial charge is 0.466 e. The first-order valence-corrected chi connectivity index (χ1v) is 9.40. The summed E-state index contributed by atoms with van der Waals surface area (Å²) in [5.74, 6) is -0.992. The van der Waals surface area contributed by atoms with Crippen LogP contribution in [0.2, 0.25) is 5.02 Å². The van der Waals surface area contributed by atoms with Gasteiger partial charge in [-0.25, -0.2) is 15.0 Å². The normalized spacial score (nSPS) is 16.7. The highest BCUT2D eigenvalue weighted by Gasteiger charge is 2.38. The number of carbonyl (C=O) groups is 2. The number of hydrogen-bond donors (Lipinski definition) is 2. The monoisotopic (exact) mass is 411 g/mol. The standard InChI is InChI=1S/C22H22ClN3O3/c1-13-18(15-9-5-4-6-10-15)20(16-11-7-8-12-17(16)23)19(21(27)29-3)14(2)26(13)25-22(24)28/h4-12,20H,1-3H3,(H3,24,25,28). The predicted molar refractivity (Wildman–Crippen MR) is 113 cm³/mol. The van der Waals surface area contributed by atoms with E-state index in [1.165, 1.54) is 12.1 Å². The number of rotatable bonds is 4. The number of nitrogens with one attached hydrogen (secondary N) is 1. The molecule has 3 N–H and O–H groups in total.